The molecule has 2 nitrogen and oxygen atoms in total. The molecular weight excluding hydrogens is 176 g/mol. The first-order valence-electron chi connectivity index (χ1n) is 5.37. The van der Waals surface area contributed by atoms with Gasteiger partial charge in [-0.1, -0.05) is 12.2 Å². The van der Waals surface area contributed by atoms with Gasteiger partial charge >= 0.3 is 5.97 Å². The first-order valence-corrected chi connectivity index (χ1v) is 5.37. The lowest BCUT2D eigenvalue weighted by Crippen LogP contribution is -2.30. The summed E-state index contributed by atoms with van der Waals surface area (Å²) in [7, 11) is 0. The highest BCUT2D eigenvalue weighted by molar-refractivity contribution is 5.74. The van der Waals surface area contributed by atoms with Crippen molar-refractivity contribution in [3.05, 3.63) is 12.2 Å². The van der Waals surface area contributed by atoms with Gasteiger partial charge in [0.05, 0.1) is 5.92 Å². The molecule has 0 aromatic carbocycles. The number of carbonyl (C=O) groups is 1. The Labute approximate surface area is 85.3 Å². The molecule has 78 valence electrons. The van der Waals surface area contributed by atoms with E-state index in [0.717, 1.165) is 12.8 Å². The Kier molecular flexibility index (Phi) is 2.17. The van der Waals surface area contributed by atoms with Gasteiger partial charge in [0.1, 0.15) is 5.60 Å². The van der Waals surface area contributed by atoms with Crippen LogP contribution in [0.2, 0.25) is 0 Å². The molecule has 0 unspecified atom stereocenters. The van der Waals surface area contributed by atoms with Crippen LogP contribution in [0.5, 0.6) is 0 Å². The summed E-state index contributed by atoms with van der Waals surface area (Å²) in [6, 6.07) is 0. The molecule has 0 aromatic rings. The Balaban J connectivity index is 1.97. The zero-order valence-corrected chi connectivity index (χ0v) is 9.12. The van der Waals surface area contributed by atoms with Crippen LogP contribution in [-0.4, -0.2) is 11.6 Å². The van der Waals surface area contributed by atoms with Crippen LogP contribution in [0.25, 0.3) is 0 Å². The van der Waals surface area contributed by atoms with Gasteiger partial charge in [-0.05, 0) is 45.4 Å². The van der Waals surface area contributed by atoms with Gasteiger partial charge in [0.2, 0.25) is 0 Å². The highest BCUT2D eigenvalue weighted by Crippen LogP contribution is 2.44. The molecule has 2 aliphatic carbocycles. The second kappa shape index (κ2) is 3.11. The first kappa shape index (κ1) is 9.75. The van der Waals surface area contributed by atoms with Gasteiger partial charge in [-0.15, -0.1) is 0 Å². The van der Waals surface area contributed by atoms with Crippen LogP contribution in [0.15, 0.2) is 12.2 Å². The van der Waals surface area contributed by atoms with Crippen molar-refractivity contribution in [3.8, 4) is 0 Å². The fourth-order valence-electron chi connectivity index (χ4n) is 2.43. The van der Waals surface area contributed by atoms with Crippen molar-refractivity contribution in [2.45, 2.75) is 39.2 Å². The van der Waals surface area contributed by atoms with E-state index in [-0.39, 0.29) is 17.5 Å². The van der Waals surface area contributed by atoms with Crippen LogP contribution in [0.4, 0.5) is 0 Å². The summed E-state index contributed by atoms with van der Waals surface area (Å²) in [6.07, 6.45) is 6.58. The van der Waals surface area contributed by atoms with Crippen LogP contribution >= 0.6 is 0 Å². The Morgan fingerprint density at radius 1 is 1.29 bits per heavy atom. The predicted octanol–water partition coefficient (Wildman–Crippen LogP) is 2.54. The van der Waals surface area contributed by atoms with E-state index in [0.29, 0.717) is 11.8 Å². The number of allylic oxidation sites excluding steroid dienone is 2. The minimum atomic E-state index is -0.345. The van der Waals surface area contributed by atoms with E-state index in [1.165, 1.54) is 0 Å². The summed E-state index contributed by atoms with van der Waals surface area (Å²) in [5, 5.41) is 0. The number of carbonyl (C=O) groups excluding carboxylic acids is 1. The highest BCUT2D eigenvalue weighted by atomic mass is 16.6. The van der Waals surface area contributed by atoms with Crippen molar-refractivity contribution in [2.75, 3.05) is 0 Å². The molecular formula is C12H18O2. The normalized spacial score (nSPS) is 34.9. The van der Waals surface area contributed by atoms with Crippen LogP contribution < -0.4 is 0 Å². The lowest BCUT2D eigenvalue weighted by Gasteiger charge is -2.24. The molecule has 0 N–H and O–H groups in total. The van der Waals surface area contributed by atoms with Crippen molar-refractivity contribution in [2.24, 2.45) is 17.8 Å². The summed E-state index contributed by atoms with van der Waals surface area (Å²) >= 11 is 0. The molecule has 1 saturated carbocycles. The summed E-state index contributed by atoms with van der Waals surface area (Å²) in [5.41, 5.74) is -0.345. The maximum Gasteiger partial charge on any atom is 0.310 e. The van der Waals surface area contributed by atoms with Gasteiger partial charge in [-0.25, -0.2) is 0 Å². The maximum absolute atomic E-state index is 11.8. The van der Waals surface area contributed by atoms with Crippen molar-refractivity contribution < 1.29 is 9.53 Å². The third-order valence-electron chi connectivity index (χ3n) is 2.99. The van der Waals surface area contributed by atoms with Crippen molar-refractivity contribution in [3.63, 3.8) is 0 Å². The predicted molar refractivity (Wildman–Crippen MR) is 54.7 cm³/mol. The minimum absolute atomic E-state index is 0.00523. The van der Waals surface area contributed by atoms with E-state index in [1.807, 2.05) is 20.8 Å². The Hall–Kier alpha value is -0.790. The highest BCUT2D eigenvalue weighted by Gasteiger charge is 2.41. The van der Waals surface area contributed by atoms with E-state index in [4.69, 9.17) is 4.74 Å². The van der Waals surface area contributed by atoms with Crippen LogP contribution in [0, 0.1) is 17.8 Å². The molecule has 1 fully saturated rings. The minimum Gasteiger partial charge on any atom is -0.460 e. The molecule has 0 aromatic heterocycles. The van der Waals surface area contributed by atoms with Crippen LogP contribution in [0.1, 0.15) is 33.6 Å². The number of fused-ring (bicyclic) bond motifs is 2. The average molecular weight is 194 g/mol. The molecule has 14 heavy (non-hydrogen) atoms. The second-order valence-corrected chi connectivity index (χ2v) is 5.42. The van der Waals surface area contributed by atoms with Crippen LogP contribution in [-0.2, 0) is 9.53 Å². The lowest BCUT2D eigenvalue weighted by molar-refractivity contribution is -0.160. The summed E-state index contributed by atoms with van der Waals surface area (Å²) in [6.45, 7) is 5.77. The van der Waals surface area contributed by atoms with Gasteiger partial charge in [0, 0.05) is 0 Å². The topological polar surface area (TPSA) is 26.3 Å². The zero-order valence-electron chi connectivity index (χ0n) is 9.12. The molecule has 0 saturated heterocycles. The number of rotatable bonds is 1. The third kappa shape index (κ3) is 1.84. The molecule has 0 amide bonds. The van der Waals surface area contributed by atoms with Gasteiger partial charge in [0.25, 0.3) is 0 Å². The summed E-state index contributed by atoms with van der Waals surface area (Å²) in [4.78, 5) is 11.8. The molecule has 0 spiro atoms. The second-order valence-electron chi connectivity index (χ2n) is 5.42. The maximum atomic E-state index is 11.8. The molecule has 0 radical (unpaired) electrons. The third-order valence-corrected chi connectivity index (χ3v) is 2.99. The smallest absolute Gasteiger partial charge is 0.310 e. The Morgan fingerprint density at radius 2 is 2.00 bits per heavy atom. The van der Waals surface area contributed by atoms with E-state index < -0.39 is 0 Å². The summed E-state index contributed by atoms with van der Waals surface area (Å²) in [5.74, 6) is 1.21. The fraction of sp³-hybridized carbons (Fsp3) is 0.750. The molecule has 2 heteroatoms. The molecule has 2 aliphatic rings. The molecule has 0 aliphatic heterocycles. The Morgan fingerprint density at radius 3 is 2.43 bits per heavy atom. The molecule has 2 bridgehead atoms. The van der Waals surface area contributed by atoms with Gasteiger partial charge in [-0.3, -0.25) is 4.79 Å². The average Bonchev–Trinajstić information content (AvgIpc) is 2.59. The number of esters is 1. The first-order chi connectivity index (χ1) is 6.46. The van der Waals surface area contributed by atoms with E-state index >= 15 is 0 Å². The molecule has 3 atom stereocenters. The van der Waals surface area contributed by atoms with Gasteiger partial charge < -0.3 is 4.74 Å². The van der Waals surface area contributed by atoms with Gasteiger partial charge in [-0.2, -0.15) is 0 Å². The van der Waals surface area contributed by atoms with E-state index in [9.17, 15) is 4.79 Å². The van der Waals surface area contributed by atoms with Crippen LogP contribution in [0.3, 0.4) is 0 Å². The number of hydrogen-bond donors (Lipinski definition) is 0. The largest absolute Gasteiger partial charge is 0.460 e. The number of hydrogen-bond acceptors (Lipinski definition) is 2. The van der Waals surface area contributed by atoms with Crippen molar-refractivity contribution >= 4 is 5.97 Å². The zero-order chi connectivity index (χ0) is 10.3. The molecule has 0 heterocycles. The van der Waals surface area contributed by atoms with Gasteiger partial charge in [0.15, 0.2) is 0 Å². The Bertz CT molecular complexity index is 273. The lowest BCUT2D eigenvalue weighted by atomic mass is 9.93. The van der Waals surface area contributed by atoms with E-state index in [1.54, 1.807) is 0 Å². The number of ether oxygens (including phenoxy) is 1. The standard InChI is InChI=1S/C12H18O2/c1-12(2,3)14-11(13)10-7-8-4-5-9(10)6-8/h4-5,8-10H,6-7H2,1-3H3/t8-,9-,10+/m1/s1. The summed E-state index contributed by atoms with van der Waals surface area (Å²) < 4.78 is 5.40. The molecule has 2 rings (SSSR count). The monoisotopic (exact) mass is 194 g/mol. The SMILES string of the molecule is CC(C)(C)OC(=O)[C@H]1C[C@@H]2C=C[C@@H]1C2. The fourth-order valence-corrected chi connectivity index (χ4v) is 2.43. The van der Waals surface area contributed by atoms with Crippen molar-refractivity contribution in [1.29, 1.82) is 0 Å². The van der Waals surface area contributed by atoms with E-state index in [2.05, 4.69) is 12.2 Å². The van der Waals surface area contributed by atoms with Crippen molar-refractivity contribution in [1.82, 2.24) is 0 Å². The quantitative estimate of drug-likeness (QED) is 0.473.